The highest BCUT2D eigenvalue weighted by atomic mass is 16.6. The number of carbonyl (C=O) groups is 1. The molecular weight excluding hydrogens is 134 g/mol. The molecule has 10 heavy (non-hydrogen) atoms. The number of aliphatic hydroxyl groups excluding tert-OH is 1. The highest BCUT2D eigenvalue weighted by Gasteiger charge is 2.30. The maximum absolute atomic E-state index is 10.1. The third-order valence-electron chi connectivity index (χ3n) is 1.73. The van der Waals surface area contributed by atoms with E-state index in [1.165, 1.54) is 0 Å². The molecule has 0 aliphatic heterocycles. The standard InChI is InChI=1S/C6H11NO3/c7-6(9)10-5-1-4(2-5)3-8/h4-5,8H,1-3H2,(H2,7,9)/t4-,5+. The minimum Gasteiger partial charge on any atom is -0.446 e. The van der Waals surface area contributed by atoms with Gasteiger partial charge in [0, 0.05) is 6.61 Å². The van der Waals surface area contributed by atoms with Gasteiger partial charge in [-0.25, -0.2) is 4.79 Å². The summed E-state index contributed by atoms with van der Waals surface area (Å²) in [6.45, 7) is 0.179. The molecule has 0 aromatic heterocycles. The predicted molar refractivity (Wildman–Crippen MR) is 34.3 cm³/mol. The monoisotopic (exact) mass is 145 g/mol. The van der Waals surface area contributed by atoms with E-state index in [0.29, 0.717) is 5.92 Å². The van der Waals surface area contributed by atoms with Gasteiger partial charge in [0.05, 0.1) is 0 Å². The van der Waals surface area contributed by atoms with E-state index in [2.05, 4.69) is 4.74 Å². The van der Waals surface area contributed by atoms with Crippen LogP contribution in [0.3, 0.4) is 0 Å². The lowest BCUT2D eigenvalue weighted by molar-refractivity contribution is 0.00145. The number of nitrogens with two attached hydrogens (primary N) is 1. The molecule has 58 valence electrons. The van der Waals surface area contributed by atoms with Gasteiger partial charge in [-0.1, -0.05) is 0 Å². The normalized spacial score (nSPS) is 30.9. The molecule has 4 nitrogen and oxygen atoms in total. The van der Waals surface area contributed by atoms with Crippen molar-refractivity contribution < 1.29 is 14.6 Å². The third kappa shape index (κ3) is 1.60. The zero-order valence-electron chi connectivity index (χ0n) is 5.62. The second-order valence-corrected chi connectivity index (χ2v) is 2.58. The first-order chi connectivity index (χ1) is 4.72. The van der Waals surface area contributed by atoms with Crippen molar-refractivity contribution >= 4 is 6.09 Å². The largest absolute Gasteiger partial charge is 0.446 e. The van der Waals surface area contributed by atoms with E-state index in [1.54, 1.807) is 0 Å². The molecule has 0 saturated heterocycles. The Labute approximate surface area is 59.0 Å². The Morgan fingerprint density at radius 3 is 2.70 bits per heavy atom. The maximum Gasteiger partial charge on any atom is 0.404 e. The Kier molecular flexibility index (Phi) is 2.11. The average molecular weight is 145 g/mol. The number of aliphatic hydroxyl groups is 1. The van der Waals surface area contributed by atoms with Crippen molar-refractivity contribution in [2.45, 2.75) is 18.9 Å². The second-order valence-electron chi connectivity index (χ2n) is 2.58. The molecule has 0 aromatic carbocycles. The quantitative estimate of drug-likeness (QED) is 0.567. The number of carbonyl (C=O) groups excluding carboxylic acids is 1. The predicted octanol–water partition coefficient (Wildman–Crippen LogP) is -0.147. The number of hydrogen-bond acceptors (Lipinski definition) is 3. The molecule has 4 heteroatoms. The SMILES string of the molecule is NC(=O)O[C@H]1C[C@@H](CO)C1. The maximum atomic E-state index is 10.1. The van der Waals surface area contributed by atoms with Crippen LogP contribution in [-0.2, 0) is 4.74 Å². The van der Waals surface area contributed by atoms with Gasteiger partial charge in [0.1, 0.15) is 6.10 Å². The van der Waals surface area contributed by atoms with Crippen LogP contribution in [0.25, 0.3) is 0 Å². The lowest BCUT2D eigenvalue weighted by Crippen LogP contribution is -2.36. The average Bonchev–Trinajstić information content (AvgIpc) is 1.76. The number of rotatable bonds is 2. The number of amides is 1. The van der Waals surface area contributed by atoms with E-state index in [9.17, 15) is 4.79 Å². The summed E-state index contributed by atoms with van der Waals surface area (Å²) in [5, 5.41) is 8.57. The van der Waals surface area contributed by atoms with Crippen molar-refractivity contribution in [3.63, 3.8) is 0 Å². The lowest BCUT2D eigenvalue weighted by Gasteiger charge is -2.32. The van der Waals surface area contributed by atoms with Crippen LogP contribution in [0, 0.1) is 5.92 Å². The highest BCUT2D eigenvalue weighted by Crippen LogP contribution is 2.29. The fraction of sp³-hybridized carbons (Fsp3) is 0.833. The first-order valence-electron chi connectivity index (χ1n) is 3.29. The van der Waals surface area contributed by atoms with Crippen molar-refractivity contribution in [2.24, 2.45) is 11.7 Å². The van der Waals surface area contributed by atoms with Crippen LogP contribution in [0.4, 0.5) is 4.79 Å². The molecule has 0 bridgehead atoms. The zero-order valence-corrected chi connectivity index (χ0v) is 5.62. The van der Waals surface area contributed by atoms with Crippen molar-refractivity contribution in [2.75, 3.05) is 6.61 Å². The Bertz CT molecular complexity index is 131. The van der Waals surface area contributed by atoms with Gasteiger partial charge in [0.15, 0.2) is 0 Å². The van der Waals surface area contributed by atoms with Crippen molar-refractivity contribution in [1.82, 2.24) is 0 Å². The second kappa shape index (κ2) is 2.88. The number of hydrogen-bond donors (Lipinski definition) is 2. The summed E-state index contributed by atoms with van der Waals surface area (Å²) in [7, 11) is 0. The molecular formula is C6H11NO3. The van der Waals surface area contributed by atoms with Gasteiger partial charge >= 0.3 is 6.09 Å². The topological polar surface area (TPSA) is 72.6 Å². The van der Waals surface area contributed by atoms with Crippen LogP contribution in [0.1, 0.15) is 12.8 Å². The molecule has 0 spiro atoms. The fourth-order valence-electron chi connectivity index (χ4n) is 1.08. The summed E-state index contributed by atoms with van der Waals surface area (Å²) in [5.74, 6) is 0.310. The Morgan fingerprint density at radius 1 is 1.70 bits per heavy atom. The van der Waals surface area contributed by atoms with Gasteiger partial charge in [0.2, 0.25) is 0 Å². The van der Waals surface area contributed by atoms with E-state index in [-0.39, 0.29) is 12.7 Å². The van der Waals surface area contributed by atoms with Crippen LogP contribution in [0.2, 0.25) is 0 Å². The van der Waals surface area contributed by atoms with Gasteiger partial charge in [0.25, 0.3) is 0 Å². The minimum absolute atomic E-state index is 0.0466. The molecule has 1 rings (SSSR count). The number of primary amides is 1. The molecule has 1 aliphatic carbocycles. The third-order valence-corrected chi connectivity index (χ3v) is 1.73. The van der Waals surface area contributed by atoms with Gasteiger partial charge in [-0.05, 0) is 18.8 Å². The molecule has 3 N–H and O–H groups in total. The van der Waals surface area contributed by atoms with Gasteiger partial charge in [-0.15, -0.1) is 0 Å². The molecule has 1 saturated carbocycles. The van der Waals surface area contributed by atoms with E-state index in [0.717, 1.165) is 12.8 Å². The molecule has 1 fully saturated rings. The fourth-order valence-corrected chi connectivity index (χ4v) is 1.08. The smallest absolute Gasteiger partial charge is 0.404 e. The van der Waals surface area contributed by atoms with Crippen molar-refractivity contribution in [3.8, 4) is 0 Å². The van der Waals surface area contributed by atoms with Crippen LogP contribution < -0.4 is 5.73 Å². The summed E-state index contributed by atoms with van der Waals surface area (Å²) in [5.41, 5.74) is 4.77. The van der Waals surface area contributed by atoms with Crippen LogP contribution >= 0.6 is 0 Å². The van der Waals surface area contributed by atoms with Crippen LogP contribution in [0.5, 0.6) is 0 Å². The number of ether oxygens (including phenoxy) is 1. The van der Waals surface area contributed by atoms with Crippen LogP contribution in [-0.4, -0.2) is 23.9 Å². The van der Waals surface area contributed by atoms with Crippen LogP contribution in [0.15, 0.2) is 0 Å². The molecule has 0 atom stereocenters. The molecule has 1 amide bonds. The summed E-state index contributed by atoms with van der Waals surface area (Å²) < 4.78 is 4.65. The van der Waals surface area contributed by atoms with E-state index in [4.69, 9.17) is 10.8 Å². The Hall–Kier alpha value is -0.770. The van der Waals surface area contributed by atoms with Crippen molar-refractivity contribution in [3.05, 3.63) is 0 Å². The Balaban J connectivity index is 2.08. The molecule has 0 heterocycles. The molecule has 1 aliphatic rings. The highest BCUT2D eigenvalue weighted by molar-refractivity contribution is 5.64. The van der Waals surface area contributed by atoms with E-state index in [1.807, 2.05) is 0 Å². The van der Waals surface area contributed by atoms with Gasteiger partial charge < -0.3 is 15.6 Å². The van der Waals surface area contributed by atoms with E-state index < -0.39 is 6.09 Å². The summed E-state index contributed by atoms with van der Waals surface area (Å²) in [6.07, 6.45) is 0.731. The Morgan fingerprint density at radius 2 is 2.30 bits per heavy atom. The summed E-state index contributed by atoms with van der Waals surface area (Å²) in [4.78, 5) is 10.1. The summed E-state index contributed by atoms with van der Waals surface area (Å²) >= 11 is 0. The first-order valence-corrected chi connectivity index (χ1v) is 3.29. The minimum atomic E-state index is -0.721. The summed E-state index contributed by atoms with van der Waals surface area (Å²) in [6, 6.07) is 0. The molecule has 0 radical (unpaired) electrons. The molecule has 0 aromatic rings. The van der Waals surface area contributed by atoms with Gasteiger partial charge in [-0.2, -0.15) is 0 Å². The van der Waals surface area contributed by atoms with Crippen molar-refractivity contribution in [1.29, 1.82) is 0 Å². The molecule has 0 unspecified atom stereocenters. The lowest BCUT2D eigenvalue weighted by atomic mass is 9.83. The van der Waals surface area contributed by atoms with Gasteiger partial charge in [-0.3, -0.25) is 0 Å². The first kappa shape index (κ1) is 7.34. The van der Waals surface area contributed by atoms with E-state index >= 15 is 0 Å². The zero-order chi connectivity index (χ0) is 7.56.